The van der Waals surface area contributed by atoms with Crippen molar-refractivity contribution < 1.29 is 19.2 Å². The molecule has 5 heteroatoms. The highest BCUT2D eigenvalue weighted by atomic mass is 32.2. The molecule has 0 saturated carbocycles. The van der Waals surface area contributed by atoms with Crippen LogP contribution in [0, 0.1) is 0 Å². The van der Waals surface area contributed by atoms with Crippen molar-refractivity contribution in [1.82, 2.24) is 0 Å². The maximum Gasteiger partial charge on any atom is 0.336 e. The normalized spacial score (nSPS) is 15.2. The lowest BCUT2D eigenvalue weighted by Crippen LogP contribution is -2.03. The van der Waals surface area contributed by atoms with Crippen LogP contribution >= 0.6 is 0 Å². The lowest BCUT2D eigenvalue weighted by molar-refractivity contribution is -0.132. The number of hydrogen-bond acceptors (Lipinski definition) is 3. The quantitative estimate of drug-likeness (QED) is 0.822. The number of phenolic OH excluding ortho intramolecular Hbond substituents is 1. The van der Waals surface area contributed by atoms with Crippen LogP contribution in [0.25, 0.3) is 11.6 Å². The molecule has 0 aliphatic heterocycles. The van der Waals surface area contributed by atoms with Crippen molar-refractivity contribution in [2.24, 2.45) is 0 Å². The molecule has 0 spiro atoms. The molecule has 4 nitrogen and oxygen atoms in total. The Kier molecular flexibility index (Phi) is 4.59. The fourth-order valence-electron chi connectivity index (χ4n) is 3.09. The molecule has 2 aromatic rings. The van der Waals surface area contributed by atoms with Gasteiger partial charge in [0.05, 0.1) is 5.57 Å². The van der Waals surface area contributed by atoms with Crippen molar-refractivity contribution in [2.45, 2.75) is 18.2 Å². The maximum absolute atomic E-state index is 11.9. The zero-order chi connectivity index (χ0) is 18.1. The SMILES string of the molecule is CC1=C(C(=Cc2ccc(S(C)=O)cc2)C(=O)O)c2cc(O)ccc2C1. The molecule has 0 amide bonds. The topological polar surface area (TPSA) is 74.6 Å². The standard InChI is InChI=1S/C20H18O4S/c1-12-9-14-5-6-15(21)11-17(14)19(12)18(20(22)23)10-13-3-7-16(8-4-13)25(2)24/h3-8,10-11,21H,9H2,1-2H3,(H,22,23). The fourth-order valence-corrected chi connectivity index (χ4v) is 3.61. The highest BCUT2D eigenvalue weighted by molar-refractivity contribution is 7.84. The molecule has 1 atom stereocenters. The van der Waals surface area contributed by atoms with Crippen molar-refractivity contribution in [3.8, 4) is 5.75 Å². The Morgan fingerprint density at radius 2 is 1.84 bits per heavy atom. The lowest BCUT2D eigenvalue weighted by Gasteiger charge is -2.09. The highest BCUT2D eigenvalue weighted by Gasteiger charge is 2.25. The molecule has 1 aliphatic rings. The number of carboxylic acids is 1. The highest BCUT2D eigenvalue weighted by Crippen LogP contribution is 2.39. The van der Waals surface area contributed by atoms with Crippen LogP contribution in [0.4, 0.5) is 0 Å². The second kappa shape index (κ2) is 6.69. The third-order valence-corrected chi connectivity index (χ3v) is 5.20. The molecule has 0 aromatic heterocycles. The molecule has 0 heterocycles. The van der Waals surface area contributed by atoms with Gasteiger partial charge in [-0.25, -0.2) is 4.79 Å². The average molecular weight is 354 g/mol. The number of carbonyl (C=O) groups is 1. The molecule has 0 fully saturated rings. The summed E-state index contributed by atoms with van der Waals surface area (Å²) in [5.41, 5.74) is 4.29. The van der Waals surface area contributed by atoms with E-state index in [0.717, 1.165) is 22.3 Å². The van der Waals surface area contributed by atoms with Crippen LogP contribution in [-0.2, 0) is 22.0 Å². The molecule has 2 N–H and O–H groups in total. The first-order valence-corrected chi connectivity index (χ1v) is 9.33. The van der Waals surface area contributed by atoms with E-state index < -0.39 is 16.8 Å². The van der Waals surface area contributed by atoms with Gasteiger partial charge in [0.15, 0.2) is 0 Å². The molecule has 0 saturated heterocycles. The van der Waals surface area contributed by atoms with Crippen molar-refractivity contribution in [3.63, 3.8) is 0 Å². The second-order valence-corrected chi connectivity index (χ2v) is 7.44. The molecule has 0 radical (unpaired) electrons. The largest absolute Gasteiger partial charge is 0.508 e. The third kappa shape index (κ3) is 3.42. The van der Waals surface area contributed by atoms with Gasteiger partial charge in [-0.15, -0.1) is 0 Å². The molecule has 0 bridgehead atoms. The summed E-state index contributed by atoms with van der Waals surface area (Å²) in [6.45, 7) is 1.91. The predicted molar refractivity (Wildman–Crippen MR) is 98.8 cm³/mol. The second-order valence-electron chi connectivity index (χ2n) is 6.06. The monoisotopic (exact) mass is 354 g/mol. The molecule has 1 aliphatic carbocycles. The Morgan fingerprint density at radius 3 is 2.44 bits per heavy atom. The van der Waals surface area contributed by atoms with Crippen LogP contribution in [-0.4, -0.2) is 26.6 Å². The number of benzene rings is 2. The van der Waals surface area contributed by atoms with E-state index in [1.807, 2.05) is 13.0 Å². The Bertz CT molecular complexity index is 937. The summed E-state index contributed by atoms with van der Waals surface area (Å²) < 4.78 is 11.5. The molecule has 3 rings (SSSR count). The van der Waals surface area contributed by atoms with E-state index in [1.165, 1.54) is 0 Å². The summed E-state index contributed by atoms with van der Waals surface area (Å²) in [7, 11) is -1.07. The third-order valence-electron chi connectivity index (χ3n) is 4.27. The van der Waals surface area contributed by atoms with Gasteiger partial charge in [-0.3, -0.25) is 4.21 Å². The molecule has 2 aromatic carbocycles. The van der Waals surface area contributed by atoms with Gasteiger partial charge in [0, 0.05) is 22.0 Å². The summed E-state index contributed by atoms with van der Waals surface area (Å²) in [5, 5.41) is 19.5. The predicted octanol–water partition coefficient (Wildman–Crippen LogP) is 3.63. The summed E-state index contributed by atoms with van der Waals surface area (Å²) in [6, 6.07) is 12.0. The minimum absolute atomic E-state index is 0.116. The van der Waals surface area contributed by atoms with Crippen LogP contribution < -0.4 is 0 Å². The zero-order valence-corrected chi connectivity index (χ0v) is 14.8. The lowest BCUT2D eigenvalue weighted by atomic mass is 9.95. The summed E-state index contributed by atoms with van der Waals surface area (Å²) in [6.07, 6.45) is 3.88. The van der Waals surface area contributed by atoms with Crippen LogP contribution in [0.2, 0.25) is 0 Å². The van der Waals surface area contributed by atoms with E-state index in [4.69, 9.17) is 0 Å². The van der Waals surface area contributed by atoms with Gasteiger partial charge in [0.25, 0.3) is 0 Å². The Morgan fingerprint density at radius 1 is 1.16 bits per heavy atom. The van der Waals surface area contributed by atoms with Crippen molar-refractivity contribution in [3.05, 3.63) is 70.3 Å². The van der Waals surface area contributed by atoms with Crippen molar-refractivity contribution >= 4 is 28.4 Å². The number of phenols is 1. The summed E-state index contributed by atoms with van der Waals surface area (Å²) >= 11 is 0. The maximum atomic E-state index is 11.9. The van der Waals surface area contributed by atoms with E-state index in [2.05, 4.69) is 0 Å². The summed E-state index contributed by atoms with van der Waals surface area (Å²) in [5.74, 6) is -0.904. The minimum Gasteiger partial charge on any atom is -0.508 e. The number of allylic oxidation sites excluding steroid dienone is 1. The molecular weight excluding hydrogens is 336 g/mol. The number of hydrogen-bond donors (Lipinski definition) is 2. The van der Waals surface area contributed by atoms with E-state index in [9.17, 15) is 19.2 Å². The van der Waals surface area contributed by atoms with E-state index >= 15 is 0 Å². The van der Waals surface area contributed by atoms with Crippen molar-refractivity contribution in [2.75, 3.05) is 6.26 Å². The van der Waals surface area contributed by atoms with Crippen molar-refractivity contribution in [1.29, 1.82) is 0 Å². The molecular formula is C20H18O4S. The first kappa shape index (κ1) is 17.2. The van der Waals surface area contributed by atoms with Gasteiger partial charge in [-0.2, -0.15) is 0 Å². The van der Waals surface area contributed by atoms with Crippen LogP contribution in [0.3, 0.4) is 0 Å². The van der Waals surface area contributed by atoms with Gasteiger partial charge in [-0.05, 0) is 65.9 Å². The van der Waals surface area contributed by atoms with Gasteiger partial charge >= 0.3 is 5.97 Å². The van der Waals surface area contributed by atoms with Crippen LogP contribution in [0.5, 0.6) is 5.75 Å². The first-order valence-electron chi connectivity index (χ1n) is 7.77. The van der Waals surface area contributed by atoms with Gasteiger partial charge < -0.3 is 10.2 Å². The first-order chi connectivity index (χ1) is 11.9. The van der Waals surface area contributed by atoms with E-state index in [-0.39, 0.29) is 11.3 Å². The minimum atomic E-state index is -1.07. The van der Waals surface area contributed by atoms with Crippen LogP contribution in [0.15, 0.2) is 58.5 Å². The van der Waals surface area contributed by atoms with Gasteiger partial charge in [-0.1, -0.05) is 23.8 Å². The number of rotatable bonds is 4. The Balaban J connectivity index is 2.08. The number of fused-ring (bicyclic) bond motifs is 1. The zero-order valence-electron chi connectivity index (χ0n) is 13.9. The average Bonchev–Trinajstić information content (AvgIpc) is 2.88. The summed E-state index contributed by atoms with van der Waals surface area (Å²) in [4.78, 5) is 12.6. The van der Waals surface area contributed by atoms with Gasteiger partial charge in [0.2, 0.25) is 0 Å². The number of carboxylic acid groups (broad SMARTS) is 1. The van der Waals surface area contributed by atoms with Gasteiger partial charge in [0.1, 0.15) is 5.75 Å². The van der Waals surface area contributed by atoms with E-state index in [0.29, 0.717) is 16.9 Å². The number of aromatic hydroxyl groups is 1. The molecule has 1 unspecified atom stereocenters. The molecule has 128 valence electrons. The molecule has 25 heavy (non-hydrogen) atoms. The number of aliphatic carboxylic acids is 1. The fraction of sp³-hybridized carbons (Fsp3) is 0.150. The van der Waals surface area contributed by atoms with Crippen LogP contribution in [0.1, 0.15) is 23.6 Å². The smallest absolute Gasteiger partial charge is 0.336 e. The Labute approximate surface area is 148 Å². The Hall–Kier alpha value is -2.66. The van der Waals surface area contributed by atoms with E-state index in [1.54, 1.807) is 48.7 Å².